The van der Waals surface area contributed by atoms with E-state index >= 15 is 0 Å². The highest BCUT2D eigenvalue weighted by Gasteiger charge is 2.29. The van der Waals surface area contributed by atoms with Crippen molar-refractivity contribution in [1.29, 1.82) is 0 Å². The maximum atomic E-state index is 12.8. The van der Waals surface area contributed by atoms with E-state index in [0.29, 0.717) is 12.5 Å². The molecule has 134 valence electrons. The van der Waals surface area contributed by atoms with Crippen molar-refractivity contribution >= 4 is 21.2 Å². The molecule has 0 aliphatic carbocycles. The fourth-order valence-corrected chi connectivity index (χ4v) is 3.99. The Morgan fingerprint density at radius 2 is 1.76 bits per heavy atom. The largest absolute Gasteiger partial charge is 0.384 e. The molecule has 3 rings (SSSR count). The summed E-state index contributed by atoms with van der Waals surface area (Å²) in [6.45, 7) is 2.31. The Kier molecular flexibility index (Phi) is 5.22. The van der Waals surface area contributed by atoms with Crippen molar-refractivity contribution in [3.8, 4) is 0 Å². The maximum absolute atomic E-state index is 12.8. The quantitative estimate of drug-likeness (QED) is 0.848. The van der Waals surface area contributed by atoms with E-state index in [1.807, 2.05) is 18.2 Å². The summed E-state index contributed by atoms with van der Waals surface area (Å²) in [7, 11) is -4.61. The average Bonchev–Trinajstić information content (AvgIpc) is 3.10. The molecule has 0 aromatic heterocycles. The number of halogens is 2. The van der Waals surface area contributed by atoms with E-state index in [4.69, 9.17) is 0 Å². The third-order valence-electron chi connectivity index (χ3n) is 4.42. The third kappa shape index (κ3) is 3.92. The summed E-state index contributed by atoms with van der Waals surface area (Å²) in [5, 5.41) is 3.05. The van der Waals surface area contributed by atoms with Gasteiger partial charge in [-0.25, -0.2) is 8.42 Å². The normalized spacial score (nSPS) is 17.9. The topological polar surface area (TPSA) is 49.4 Å². The Labute approximate surface area is 146 Å². The van der Waals surface area contributed by atoms with Gasteiger partial charge in [-0.3, -0.25) is 0 Å². The predicted molar refractivity (Wildman–Crippen MR) is 94.9 cm³/mol. The molecule has 1 atom stereocenters. The Morgan fingerprint density at radius 3 is 2.48 bits per heavy atom. The van der Waals surface area contributed by atoms with E-state index in [-0.39, 0.29) is 10.6 Å². The van der Waals surface area contributed by atoms with Crippen molar-refractivity contribution in [1.82, 2.24) is 0 Å². The number of nitrogens with one attached hydrogen (secondary N) is 1. The zero-order chi connectivity index (χ0) is 17.9. The summed E-state index contributed by atoms with van der Waals surface area (Å²) in [6.07, 6.45) is 0.964. The van der Waals surface area contributed by atoms with Gasteiger partial charge in [0.1, 0.15) is 0 Å². The summed E-state index contributed by atoms with van der Waals surface area (Å²) in [5.74, 6) is -3.10. The Bertz CT molecular complexity index is 813. The van der Waals surface area contributed by atoms with Crippen LogP contribution in [0.15, 0.2) is 59.5 Å². The number of alkyl halides is 2. The summed E-state index contributed by atoms with van der Waals surface area (Å²) in [5.41, 5.74) is 1.40. The van der Waals surface area contributed by atoms with E-state index in [0.717, 1.165) is 25.2 Å². The van der Waals surface area contributed by atoms with Gasteiger partial charge in [-0.2, -0.15) is 8.78 Å². The average molecular weight is 366 g/mol. The second kappa shape index (κ2) is 7.39. The van der Waals surface area contributed by atoms with Crippen LogP contribution in [0.2, 0.25) is 0 Å². The minimum absolute atomic E-state index is 0.237. The fourth-order valence-electron chi connectivity index (χ4n) is 3.08. The highest BCUT2D eigenvalue weighted by atomic mass is 32.2. The lowest BCUT2D eigenvalue weighted by molar-refractivity contribution is 0.235. The van der Waals surface area contributed by atoms with Crippen LogP contribution in [-0.2, 0) is 9.84 Å². The lowest BCUT2D eigenvalue weighted by Gasteiger charge is -2.19. The van der Waals surface area contributed by atoms with Crippen LogP contribution in [0.3, 0.4) is 0 Å². The molecule has 2 aromatic carbocycles. The summed E-state index contributed by atoms with van der Waals surface area (Å²) in [4.78, 5) is 1.93. The van der Waals surface area contributed by atoms with Crippen molar-refractivity contribution in [2.45, 2.75) is 17.1 Å². The fraction of sp³-hybridized carbons (Fsp3) is 0.333. The van der Waals surface area contributed by atoms with Gasteiger partial charge < -0.3 is 10.2 Å². The molecule has 1 heterocycles. The van der Waals surface area contributed by atoms with Gasteiger partial charge in [0.05, 0.1) is 10.6 Å². The molecule has 1 aliphatic heterocycles. The van der Waals surface area contributed by atoms with Crippen LogP contribution in [0.25, 0.3) is 0 Å². The van der Waals surface area contributed by atoms with E-state index in [1.54, 1.807) is 6.07 Å². The van der Waals surface area contributed by atoms with Gasteiger partial charge in [0, 0.05) is 25.3 Å². The molecule has 1 N–H and O–H groups in total. The number of nitrogens with zero attached hydrogens (tertiary/aromatic N) is 1. The van der Waals surface area contributed by atoms with Crippen molar-refractivity contribution < 1.29 is 17.2 Å². The molecule has 0 radical (unpaired) electrons. The first-order valence-electron chi connectivity index (χ1n) is 8.13. The smallest absolute Gasteiger partial charge is 0.341 e. The van der Waals surface area contributed by atoms with Gasteiger partial charge in [0.25, 0.3) is 0 Å². The number of sulfone groups is 1. The van der Waals surface area contributed by atoms with Gasteiger partial charge in [0.2, 0.25) is 9.84 Å². The van der Waals surface area contributed by atoms with Crippen LogP contribution in [-0.4, -0.2) is 33.8 Å². The van der Waals surface area contributed by atoms with Gasteiger partial charge >= 0.3 is 5.76 Å². The first-order chi connectivity index (χ1) is 12.0. The maximum Gasteiger partial charge on any atom is 0.341 e. The molecule has 7 heteroatoms. The molecule has 1 unspecified atom stereocenters. The summed E-state index contributed by atoms with van der Waals surface area (Å²) >= 11 is 0. The number of hydrogen-bond donors (Lipinski definition) is 1. The lowest BCUT2D eigenvalue weighted by Crippen LogP contribution is -2.23. The molecule has 1 saturated heterocycles. The monoisotopic (exact) mass is 366 g/mol. The second-order valence-electron chi connectivity index (χ2n) is 6.12. The zero-order valence-electron chi connectivity index (χ0n) is 13.6. The molecule has 4 nitrogen and oxygen atoms in total. The molecule has 1 fully saturated rings. The lowest BCUT2D eigenvalue weighted by atomic mass is 10.1. The van der Waals surface area contributed by atoms with Crippen LogP contribution in [0.5, 0.6) is 0 Å². The first-order valence-corrected chi connectivity index (χ1v) is 9.68. The Hall–Kier alpha value is -2.15. The third-order valence-corrected chi connectivity index (χ3v) is 5.85. The summed E-state index contributed by atoms with van der Waals surface area (Å²) in [6, 6.07) is 15.9. The van der Waals surface area contributed by atoms with Crippen LogP contribution < -0.4 is 10.2 Å². The molecule has 0 amide bonds. The number of benzene rings is 2. The molecule has 25 heavy (non-hydrogen) atoms. The van der Waals surface area contributed by atoms with Gasteiger partial charge in [0.15, 0.2) is 0 Å². The molecular formula is C18H20F2N2O2S. The molecule has 1 aliphatic rings. The minimum atomic E-state index is -4.61. The van der Waals surface area contributed by atoms with Crippen LogP contribution >= 0.6 is 0 Å². The molecule has 0 saturated carbocycles. The van der Waals surface area contributed by atoms with E-state index in [9.17, 15) is 17.2 Å². The SMILES string of the molecule is O=S(=O)(c1ccccc1NCC1CCN(c2ccccc2)C1)C(F)F. The summed E-state index contributed by atoms with van der Waals surface area (Å²) < 4.78 is 49.2. The molecule has 0 spiro atoms. The second-order valence-corrected chi connectivity index (χ2v) is 8.01. The number of rotatable bonds is 6. The zero-order valence-corrected chi connectivity index (χ0v) is 14.4. The highest BCUT2D eigenvalue weighted by molar-refractivity contribution is 7.91. The first kappa shape index (κ1) is 17.7. The Morgan fingerprint density at radius 1 is 1.08 bits per heavy atom. The van der Waals surface area contributed by atoms with Crippen molar-refractivity contribution in [3.05, 3.63) is 54.6 Å². The van der Waals surface area contributed by atoms with E-state index in [2.05, 4.69) is 22.3 Å². The van der Waals surface area contributed by atoms with Gasteiger partial charge in [-0.1, -0.05) is 30.3 Å². The standard InChI is InChI=1S/C18H20F2N2O2S/c19-18(20)25(23,24)17-9-5-4-8-16(17)21-12-14-10-11-22(13-14)15-6-2-1-3-7-15/h1-9,14,18,21H,10-13H2. The predicted octanol–water partition coefficient (Wildman–Crippen LogP) is 3.62. The molecular weight excluding hydrogens is 346 g/mol. The van der Waals surface area contributed by atoms with Crippen molar-refractivity contribution in [2.75, 3.05) is 29.9 Å². The van der Waals surface area contributed by atoms with Crippen LogP contribution in [0, 0.1) is 5.92 Å². The number of hydrogen-bond acceptors (Lipinski definition) is 4. The van der Waals surface area contributed by atoms with E-state index in [1.165, 1.54) is 18.2 Å². The van der Waals surface area contributed by atoms with Crippen LogP contribution in [0.1, 0.15) is 6.42 Å². The molecule has 0 bridgehead atoms. The van der Waals surface area contributed by atoms with Crippen LogP contribution in [0.4, 0.5) is 20.2 Å². The van der Waals surface area contributed by atoms with E-state index < -0.39 is 15.6 Å². The minimum Gasteiger partial charge on any atom is -0.384 e. The molecule has 2 aromatic rings. The number of para-hydroxylation sites is 2. The van der Waals surface area contributed by atoms with Gasteiger partial charge in [-0.15, -0.1) is 0 Å². The van der Waals surface area contributed by atoms with Crippen molar-refractivity contribution in [3.63, 3.8) is 0 Å². The number of anilines is 2. The van der Waals surface area contributed by atoms with Crippen molar-refractivity contribution in [2.24, 2.45) is 5.92 Å². The highest BCUT2D eigenvalue weighted by Crippen LogP contribution is 2.28. The van der Waals surface area contributed by atoms with Gasteiger partial charge in [-0.05, 0) is 36.6 Å². The Balaban J connectivity index is 1.66.